The molecule has 0 radical (unpaired) electrons. The lowest BCUT2D eigenvalue weighted by atomic mass is 10.0. The Kier molecular flexibility index (Phi) is 4.02. The van der Waals surface area contributed by atoms with Gasteiger partial charge < -0.3 is 5.32 Å². The lowest BCUT2D eigenvalue weighted by Gasteiger charge is -2.15. The van der Waals surface area contributed by atoms with E-state index in [4.69, 9.17) is 0 Å². The minimum atomic E-state index is -0.279. The largest absolute Gasteiger partial charge is 0.352 e. The van der Waals surface area contributed by atoms with E-state index in [1.807, 2.05) is 6.92 Å². The topological polar surface area (TPSA) is 29.1 Å². The molecule has 0 spiro atoms. The van der Waals surface area contributed by atoms with Crippen LogP contribution in [0.25, 0.3) is 0 Å². The monoisotopic (exact) mass is 213 g/mol. The molecule has 2 unspecified atom stereocenters. The molecule has 1 rings (SSSR count). The fourth-order valence-electron chi connectivity index (χ4n) is 1.34. The molecule has 1 aromatic carbocycles. The van der Waals surface area contributed by atoms with Gasteiger partial charge in [0, 0.05) is 5.56 Å². The highest BCUT2D eigenvalue weighted by Gasteiger charge is 2.12. The highest BCUT2D eigenvalue weighted by molar-refractivity contribution is 7.27. The van der Waals surface area contributed by atoms with Crippen molar-refractivity contribution >= 4 is 21.0 Å². The average molecular weight is 213 g/mol. The predicted octanol–water partition coefficient (Wildman–Crippen LogP) is 1.52. The van der Waals surface area contributed by atoms with Gasteiger partial charge >= 0.3 is 0 Å². The van der Waals surface area contributed by atoms with Crippen LogP contribution in [0.1, 0.15) is 24.9 Å². The van der Waals surface area contributed by atoms with Crippen LogP contribution in [0.2, 0.25) is 0 Å². The van der Waals surface area contributed by atoms with Crippen LogP contribution in [-0.2, 0) is 4.79 Å². The van der Waals surface area contributed by atoms with E-state index in [-0.39, 0.29) is 11.9 Å². The molecule has 0 saturated heterocycles. The molecule has 2 nitrogen and oxygen atoms in total. The quantitative estimate of drug-likeness (QED) is 0.596. The summed E-state index contributed by atoms with van der Waals surface area (Å²) in [5, 5.41) is 3.38. The number of carbonyl (C=O) groups excluding carboxylic acids is 1. The summed E-state index contributed by atoms with van der Waals surface area (Å²) in [4.78, 5) is 10.3. The summed E-state index contributed by atoms with van der Waals surface area (Å²) < 4.78 is 13.4. The van der Waals surface area contributed by atoms with Gasteiger partial charge in [0.2, 0.25) is 6.41 Å². The van der Waals surface area contributed by atoms with Crippen molar-refractivity contribution in [1.82, 2.24) is 5.32 Å². The molecule has 0 heterocycles. The Morgan fingerprint density at radius 2 is 2.36 bits per heavy atom. The number of nitrogens with one attached hydrogen (secondary N) is 1. The Balaban J connectivity index is 2.97. The average Bonchev–Trinajstić information content (AvgIpc) is 2.15. The molecule has 1 N–H and O–H groups in total. The van der Waals surface area contributed by atoms with E-state index in [0.29, 0.717) is 18.4 Å². The van der Waals surface area contributed by atoms with Crippen molar-refractivity contribution in [2.45, 2.75) is 19.4 Å². The van der Waals surface area contributed by atoms with E-state index in [2.05, 4.69) is 14.6 Å². The van der Waals surface area contributed by atoms with E-state index in [9.17, 15) is 9.18 Å². The fraction of sp³-hybridized carbons (Fsp3) is 0.300. The van der Waals surface area contributed by atoms with Crippen LogP contribution >= 0.6 is 9.24 Å². The molecule has 76 valence electrons. The van der Waals surface area contributed by atoms with Gasteiger partial charge in [0.1, 0.15) is 5.82 Å². The Hall–Kier alpha value is -0.950. The molecule has 0 aliphatic rings. The Morgan fingerprint density at radius 1 is 1.64 bits per heavy atom. The third-order valence-electron chi connectivity index (χ3n) is 2.08. The maximum absolute atomic E-state index is 13.4. The summed E-state index contributed by atoms with van der Waals surface area (Å²) >= 11 is 0. The zero-order chi connectivity index (χ0) is 10.6. The number of carbonyl (C=O) groups is 1. The summed E-state index contributed by atoms with van der Waals surface area (Å²) in [5.74, 6) is -0.279. The number of halogens is 1. The third-order valence-corrected chi connectivity index (χ3v) is 2.44. The number of hydrogen-bond donors (Lipinski definition) is 1. The fourth-order valence-corrected chi connectivity index (χ4v) is 1.58. The summed E-state index contributed by atoms with van der Waals surface area (Å²) in [6.45, 7) is 1.90. The van der Waals surface area contributed by atoms with Gasteiger partial charge in [-0.1, -0.05) is 19.1 Å². The normalized spacial score (nSPS) is 12.2. The Morgan fingerprint density at radius 3 is 2.86 bits per heavy atom. The zero-order valence-electron chi connectivity index (χ0n) is 7.96. The minimum Gasteiger partial charge on any atom is -0.352 e. The molecule has 14 heavy (non-hydrogen) atoms. The van der Waals surface area contributed by atoms with Gasteiger partial charge in [0.05, 0.1) is 6.04 Å². The smallest absolute Gasteiger partial charge is 0.207 e. The van der Waals surface area contributed by atoms with Gasteiger partial charge in [-0.05, 0) is 17.8 Å². The van der Waals surface area contributed by atoms with Crippen LogP contribution in [0.5, 0.6) is 0 Å². The molecule has 0 aromatic heterocycles. The van der Waals surface area contributed by atoms with Crippen LogP contribution in [-0.4, -0.2) is 6.41 Å². The molecule has 0 aliphatic heterocycles. The molecule has 1 aromatic rings. The molecule has 1 amide bonds. The van der Waals surface area contributed by atoms with E-state index < -0.39 is 0 Å². The number of hydrogen-bond acceptors (Lipinski definition) is 1. The highest BCUT2D eigenvalue weighted by atomic mass is 31.0. The number of amides is 1. The lowest BCUT2D eigenvalue weighted by Crippen LogP contribution is -2.20. The molecule has 2 atom stereocenters. The summed E-state index contributed by atoms with van der Waals surface area (Å²) in [5.41, 5.74) is 0.533. The first kappa shape index (κ1) is 11.1. The van der Waals surface area contributed by atoms with Gasteiger partial charge in [-0.3, -0.25) is 4.79 Å². The highest BCUT2D eigenvalue weighted by Crippen LogP contribution is 2.18. The first-order valence-electron chi connectivity index (χ1n) is 4.43. The second-order valence-electron chi connectivity index (χ2n) is 3.03. The molecule has 0 aliphatic carbocycles. The van der Waals surface area contributed by atoms with Gasteiger partial charge in [-0.15, -0.1) is 9.24 Å². The van der Waals surface area contributed by atoms with E-state index >= 15 is 0 Å². The molecular formula is C10H13FNOP. The maximum Gasteiger partial charge on any atom is 0.207 e. The van der Waals surface area contributed by atoms with Gasteiger partial charge in [0.25, 0.3) is 0 Å². The van der Waals surface area contributed by atoms with Crippen LogP contribution in [0.15, 0.2) is 18.2 Å². The number of rotatable bonds is 4. The van der Waals surface area contributed by atoms with Crippen molar-refractivity contribution < 1.29 is 9.18 Å². The summed E-state index contributed by atoms with van der Waals surface area (Å²) in [6.07, 6.45) is 1.27. The molecular weight excluding hydrogens is 200 g/mol. The predicted molar refractivity (Wildman–Crippen MR) is 58.0 cm³/mol. The minimum absolute atomic E-state index is 0.238. The van der Waals surface area contributed by atoms with E-state index in [0.717, 1.165) is 5.30 Å². The first-order chi connectivity index (χ1) is 6.69. The van der Waals surface area contributed by atoms with Crippen molar-refractivity contribution in [3.05, 3.63) is 29.6 Å². The zero-order valence-corrected chi connectivity index (χ0v) is 9.11. The molecule has 0 bridgehead atoms. The number of benzene rings is 1. The van der Waals surface area contributed by atoms with E-state index in [1.54, 1.807) is 12.1 Å². The van der Waals surface area contributed by atoms with Gasteiger partial charge in [-0.25, -0.2) is 4.39 Å². The van der Waals surface area contributed by atoms with Crippen molar-refractivity contribution in [2.24, 2.45) is 0 Å². The van der Waals surface area contributed by atoms with Crippen LogP contribution in [0.3, 0.4) is 0 Å². The first-order valence-corrected chi connectivity index (χ1v) is 5.01. The SMILES string of the molecule is CCC(NC=O)c1ccc(P)cc1F. The Labute approximate surface area is 85.1 Å². The van der Waals surface area contributed by atoms with Crippen molar-refractivity contribution in [3.8, 4) is 0 Å². The molecule has 4 heteroatoms. The lowest BCUT2D eigenvalue weighted by molar-refractivity contribution is -0.110. The third kappa shape index (κ3) is 2.52. The summed E-state index contributed by atoms with van der Waals surface area (Å²) in [6, 6.07) is 4.70. The van der Waals surface area contributed by atoms with Crippen LogP contribution in [0, 0.1) is 5.82 Å². The standard InChI is InChI=1S/C10H13FNOP/c1-2-10(12-6-13)8-4-3-7(14)5-9(8)11/h3-6,10H,2,14H2,1H3,(H,12,13). The van der Waals surface area contributed by atoms with Crippen LogP contribution in [0.4, 0.5) is 4.39 Å². The van der Waals surface area contributed by atoms with Crippen LogP contribution < -0.4 is 10.6 Å². The molecule has 0 fully saturated rings. The van der Waals surface area contributed by atoms with Gasteiger partial charge in [0.15, 0.2) is 0 Å². The Bertz CT molecular complexity index is 330. The summed E-state index contributed by atoms with van der Waals surface area (Å²) in [7, 11) is 2.43. The second-order valence-corrected chi connectivity index (χ2v) is 3.69. The van der Waals surface area contributed by atoms with Crippen molar-refractivity contribution in [1.29, 1.82) is 0 Å². The molecule has 0 saturated carbocycles. The van der Waals surface area contributed by atoms with E-state index in [1.165, 1.54) is 6.07 Å². The van der Waals surface area contributed by atoms with Crippen molar-refractivity contribution in [3.63, 3.8) is 0 Å². The second kappa shape index (κ2) is 5.06. The van der Waals surface area contributed by atoms with Crippen molar-refractivity contribution in [2.75, 3.05) is 0 Å². The maximum atomic E-state index is 13.4. The van der Waals surface area contributed by atoms with Gasteiger partial charge in [-0.2, -0.15) is 0 Å².